The van der Waals surface area contributed by atoms with Crippen LogP contribution in [0.25, 0.3) is 0 Å². The number of carbonyl (C=O) groups excluding carboxylic acids is 1. The Labute approximate surface area is 187 Å². The highest BCUT2D eigenvalue weighted by Crippen LogP contribution is 2.33. The zero-order valence-electron chi connectivity index (χ0n) is 17.3. The summed E-state index contributed by atoms with van der Waals surface area (Å²) in [6.07, 6.45) is 2.57. The number of nitrogens with zero attached hydrogens (tertiary/aromatic N) is 2. The standard InChI is InChI=1S/C22H25ClFN3O3S/c1-15(28)27-12-9-16-13-17(7-8-20(16)27)31(29,30)25-14-21(26-10-2-3-11-26)22-18(23)5-4-6-19(22)24/h4-8,13,21,25H,2-3,9-12,14H2,1H3. The number of fused-ring (bicyclic) bond motifs is 1. The molecule has 0 saturated carbocycles. The maximum Gasteiger partial charge on any atom is 0.240 e. The fourth-order valence-corrected chi connectivity index (χ4v) is 5.82. The summed E-state index contributed by atoms with van der Waals surface area (Å²) in [6, 6.07) is 8.81. The Morgan fingerprint density at radius 3 is 2.61 bits per heavy atom. The molecular weight excluding hydrogens is 441 g/mol. The molecule has 6 nitrogen and oxygen atoms in total. The highest BCUT2D eigenvalue weighted by molar-refractivity contribution is 7.89. The van der Waals surface area contributed by atoms with Gasteiger partial charge in [0.1, 0.15) is 5.82 Å². The number of rotatable bonds is 6. The summed E-state index contributed by atoms with van der Waals surface area (Å²) in [7, 11) is -3.82. The van der Waals surface area contributed by atoms with Gasteiger partial charge in [0.15, 0.2) is 0 Å². The Morgan fingerprint density at radius 2 is 1.94 bits per heavy atom. The number of nitrogens with one attached hydrogen (secondary N) is 1. The van der Waals surface area contributed by atoms with Crippen LogP contribution in [0.15, 0.2) is 41.3 Å². The second kappa shape index (κ2) is 8.86. The molecule has 2 aromatic rings. The van der Waals surface area contributed by atoms with Crippen molar-refractivity contribution in [3.05, 3.63) is 58.4 Å². The topological polar surface area (TPSA) is 69.7 Å². The SMILES string of the molecule is CC(=O)N1CCc2cc(S(=O)(=O)NCC(c3c(F)cccc3Cl)N3CCCC3)ccc21. The highest BCUT2D eigenvalue weighted by atomic mass is 35.5. The molecule has 166 valence electrons. The molecule has 2 aromatic carbocycles. The van der Waals surface area contributed by atoms with Gasteiger partial charge in [-0.05, 0) is 68.2 Å². The van der Waals surface area contributed by atoms with E-state index in [1.165, 1.54) is 19.1 Å². The molecule has 1 fully saturated rings. The van der Waals surface area contributed by atoms with Crippen molar-refractivity contribution in [2.24, 2.45) is 0 Å². The summed E-state index contributed by atoms with van der Waals surface area (Å²) < 4.78 is 43.3. The van der Waals surface area contributed by atoms with E-state index >= 15 is 0 Å². The van der Waals surface area contributed by atoms with Crippen molar-refractivity contribution < 1.29 is 17.6 Å². The summed E-state index contributed by atoms with van der Waals surface area (Å²) in [4.78, 5) is 15.6. The molecule has 1 amide bonds. The van der Waals surface area contributed by atoms with Gasteiger partial charge in [-0.15, -0.1) is 0 Å². The van der Waals surface area contributed by atoms with Gasteiger partial charge in [0.2, 0.25) is 15.9 Å². The molecule has 0 spiro atoms. The lowest BCUT2D eigenvalue weighted by molar-refractivity contribution is -0.116. The average molecular weight is 466 g/mol. The van der Waals surface area contributed by atoms with Crippen LogP contribution < -0.4 is 9.62 Å². The molecule has 31 heavy (non-hydrogen) atoms. The third-order valence-electron chi connectivity index (χ3n) is 6.02. The first kappa shape index (κ1) is 22.2. The predicted octanol–water partition coefficient (Wildman–Crippen LogP) is 3.50. The Bertz CT molecular complexity index is 1080. The number of hydrogen-bond acceptors (Lipinski definition) is 4. The molecule has 2 aliphatic rings. The minimum Gasteiger partial charge on any atom is -0.312 e. The van der Waals surface area contributed by atoms with E-state index in [1.54, 1.807) is 29.2 Å². The van der Waals surface area contributed by atoms with Crippen molar-refractivity contribution in [1.29, 1.82) is 0 Å². The van der Waals surface area contributed by atoms with E-state index in [9.17, 15) is 17.6 Å². The summed E-state index contributed by atoms with van der Waals surface area (Å²) in [5.41, 5.74) is 1.89. The quantitative estimate of drug-likeness (QED) is 0.708. The first-order valence-corrected chi connectivity index (χ1v) is 12.2. The molecule has 2 aliphatic heterocycles. The van der Waals surface area contributed by atoms with Gasteiger partial charge in [0.25, 0.3) is 0 Å². The number of anilines is 1. The lowest BCUT2D eigenvalue weighted by atomic mass is 10.0. The van der Waals surface area contributed by atoms with E-state index in [2.05, 4.69) is 9.62 Å². The smallest absolute Gasteiger partial charge is 0.240 e. The van der Waals surface area contributed by atoms with E-state index in [-0.39, 0.29) is 22.4 Å². The van der Waals surface area contributed by atoms with E-state index in [0.29, 0.717) is 18.5 Å². The first-order valence-electron chi connectivity index (χ1n) is 10.4. The molecule has 0 bridgehead atoms. The van der Waals surface area contributed by atoms with Gasteiger partial charge >= 0.3 is 0 Å². The molecule has 2 heterocycles. The van der Waals surface area contributed by atoms with Crippen molar-refractivity contribution in [2.75, 3.05) is 31.1 Å². The number of likely N-dealkylation sites (tertiary alicyclic amines) is 1. The fourth-order valence-electron chi connectivity index (χ4n) is 4.44. The Kier molecular flexibility index (Phi) is 6.35. The third-order valence-corrected chi connectivity index (χ3v) is 7.77. The number of benzene rings is 2. The van der Waals surface area contributed by atoms with E-state index < -0.39 is 21.9 Å². The monoisotopic (exact) mass is 465 g/mol. The number of hydrogen-bond donors (Lipinski definition) is 1. The molecule has 1 unspecified atom stereocenters. The van der Waals surface area contributed by atoms with Gasteiger partial charge < -0.3 is 4.90 Å². The van der Waals surface area contributed by atoms with Crippen LogP contribution in [-0.4, -0.2) is 45.4 Å². The van der Waals surface area contributed by atoms with E-state index in [4.69, 9.17) is 11.6 Å². The van der Waals surface area contributed by atoms with Crippen LogP contribution in [0.3, 0.4) is 0 Å². The van der Waals surface area contributed by atoms with Crippen molar-refractivity contribution >= 4 is 33.2 Å². The van der Waals surface area contributed by atoms with Crippen LogP contribution in [0.1, 0.15) is 36.9 Å². The molecule has 1 saturated heterocycles. The van der Waals surface area contributed by atoms with Crippen molar-refractivity contribution in [1.82, 2.24) is 9.62 Å². The highest BCUT2D eigenvalue weighted by Gasteiger charge is 2.30. The van der Waals surface area contributed by atoms with Crippen LogP contribution in [0.2, 0.25) is 5.02 Å². The Hall–Kier alpha value is -2.00. The first-order chi connectivity index (χ1) is 14.8. The van der Waals surface area contributed by atoms with Crippen molar-refractivity contribution in [2.45, 2.75) is 37.1 Å². The van der Waals surface area contributed by atoms with Crippen LogP contribution >= 0.6 is 11.6 Å². The number of carbonyl (C=O) groups is 1. The molecule has 9 heteroatoms. The summed E-state index contributed by atoms with van der Waals surface area (Å²) >= 11 is 6.30. The zero-order valence-corrected chi connectivity index (χ0v) is 18.8. The normalized spacial score (nSPS) is 17.7. The molecule has 0 aliphatic carbocycles. The minimum absolute atomic E-state index is 0.0135. The second-order valence-corrected chi connectivity index (χ2v) is 10.1. The number of sulfonamides is 1. The summed E-state index contributed by atoms with van der Waals surface area (Å²) in [5.74, 6) is -0.506. The van der Waals surface area contributed by atoms with Gasteiger partial charge in [-0.3, -0.25) is 9.69 Å². The summed E-state index contributed by atoms with van der Waals surface area (Å²) in [5, 5.41) is 0.290. The molecule has 1 atom stereocenters. The minimum atomic E-state index is -3.82. The number of amides is 1. The summed E-state index contributed by atoms with van der Waals surface area (Å²) in [6.45, 7) is 3.57. The van der Waals surface area contributed by atoms with Gasteiger partial charge in [-0.1, -0.05) is 17.7 Å². The maximum absolute atomic E-state index is 14.6. The lowest BCUT2D eigenvalue weighted by Crippen LogP contribution is -2.37. The third kappa shape index (κ3) is 4.48. The van der Waals surface area contributed by atoms with Crippen molar-refractivity contribution in [3.63, 3.8) is 0 Å². The fraction of sp³-hybridized carbons (Fsp3) is 0.409. The van der Waals surface area contributed by atoms with Gasteiger partial charge in [0, 0.05) is 36.3 Å². The van der Waals surface area contributed by atoms with E-state index in [1.807, 2.05) is 0 Å². The molecule has 0 radical (unpaired) electrons. The molecule has 4 rings (SSSR count). The van der Waals surface area contributed by atoms with Crippen LogP contribution in [0.4, 0.5) is 10.1 Å². The average Bonchev–Trinajstić information content (AvgIpc) is 3.39. The van der Waals surface area contributed by atoms with Gasteiger partial charge in [0.05, 0.1) is 10.9 Å². The van der Waals surface area contributed by atoms with Crippen molar-refractivity contribution in [3.8, 4) is 0 Å². The second-order valence-electron chi connectivity index (χ2n) is 7.96. The Balaban J connectivity index is 1.58. The Morgan fingerprint density at radius 1 is 1.19 bits per heavy atom. The maximum atomic E-state index is 14.6. The van der Waals surface area contributed by atoms with Crippen LogP contribution in [0.5, 0.6) is 0 Å². The van der Waals surface area contributed by atoms with Crippen LogP contribution in [0, 0.1) is 5.82 Å². The lowest BCUT2D eigenvalue weighted by Gasteiger charge is -2.29. The predicted molar refractivity (Wildman–Crippen MR) is 118 cm³/mol. The van der Waals surface area contributed by atoms with Gasteiger partial charge in [-0.25, -0.2) is 17.5 Å². The largest absolute Gasteiger partial charge is 0.312 e. The molecule has 0 aromatic heterocycles. The molecule has 1 N–H and O–H groups in total. The number of halogens is 2. The van der Waals surface area contributed by atoms with Crippen LogP contribution in [-0.2, 0) is 21.2 Å². The zero-order chi connectivity index (χ0) is 22.2. The van der Waals surface area contributed by atoms with E-state index in [0.717, 1.165) is 37.2 Å². The molecular formula is C22H25ClFN3O3S. The van der Waals surface area contributed by atoms with Gasteiger partial charge in [-0.2, -0.15) is 0 Å².